The third kappa shape index (κ3) is 4.22. The lowest BCUT2D eigenvalue weighted by molar-refractivity contribution is -0.137. The summed E-state index contributed by atoms with van der Waals surface area (Å²) in [5.74, 6) is -0.932. The van der Waals surface area contributed by atoms with E-state index in [1.807, 2.05) is 11.9 Å². The molecule has 2 aliphatic rings. The highest BCUT2D eigenvalue weighted by Crippen LogP contribution is 2.39. The van der Waals surface area contributed by atoms with Crippen molar-refractivity contribution in [2.24, 2.45) is 5.41 Å². The molecule has 2 fully saturated rings. The first-order chi connectivity index (χ1) is 12.4. The van der Waals surface area contributed by atoms with Gasteiger partial charge in [-0.2, -0.15) is 0 Å². The number of carboxylic acids is 1. The Morgan fingerprint density at radius 1 is 1.23 bits per heavy atom. The number of likely N-dealkylation sites (tertiary alicyclic amines) is 2. The second-order valence-electron chi connectivity index (χ2n) is 7.46. The van der Waals surface area contributed by atoms with Crippen molar-refractivity contribution < 1.29 is 19.5 Å². The van der Waals surface area contributed by atoms with Crippen molar-refractivity contribution in [3.8, 4) is 0 Å². The van der Waals surface area contributed by atoms with Gasteiger partial charge in [-0.15, -0.1) is 0 Å². The molecule has 0 radical (unpaired) electrons. The first-order valence-electron chi connectivity index (χ1n) is 8.96. The van der Waals surface area contributed by atoms with Crippen LogP contribution < -0.4 is 5.32 Å². The van der Waals surface area contributed by atoms with Crippen LogP contribution in [-0.2, 0) is 9.59 Å². The SMILES string of the molecule is CN1CC2(CCC1=O)CCN(CC(=O)Nc1cccc(C(=O)O)c1)CC2. The molecule has 1 aromatic rings. The van der Waals surface area contributed by atoms with E-state index < -0.39 is 5.97 Å². The van der Waals surface area contributed by atoms with Gasteiger partial charge >= 0.3 is 5.97 Å². The number of benzene rings is 1. The lowest BCUT2D eigenvalue weighted by atomic mass is 9.72. The summed E-state index contributed by atoms with van der Waals surface area (Å²) in [7, 11) is 1.87. The number of nitrogens with one attached hydrogen (secondary N) is 1. The van der Waals surface area contributed by atoms with Crippen LogP contribution in [0.3, 0.4) is 0 Å². The Labute approximate surface area is 153 Å². The minimum Gasteiger partial charge on any atom is -0.478 e. The maximum absolute atomic E-state index is 12.3. The van der Waals surface area contributed by atoms with Crippen molar-refractivity contribution >= 4 is 23.5 Å². The summed E-state index contributed by atoms with van der Waals surface area (Å²) in [6, 6.07) is 6.25. The predicted octanol–water partition coefficient (Wildman–Crippen LogP) is 1.66. The number of carboxylic acid groups (broad SMARTS) is 1. The molecule has 0 saturated carbocycles. The molecule has 26 heavy (non-hydrogen) atoms. The largest absolute Gasteiger partial charge is 0.478 e. The molecule has 0 bridgehead atoms. The molecule has 3 rings (SSSR count). The highest BCUT2D eigenvalue weighted by molar-refractivity contribution is 5.94. The van der Waals surface area contributed by atoms with Crippen LogP contribution in [0, 0.1) is 5.41 Å². The van der Waals surface area contributed by atoms with Crippen LogP contribution in [-0.4, -0.2) is 65.9 Å². The molecule has 7 nitrogen and oxygen atoms in total. The minimum absolute atomic E-state index is 0.139. The number of nitrogens with zero attached hydrogens (tertiary/aromatic N) is 2. The van der Waals surface area contributed by atoms with E-state index >= 15 is 0 Å². The third-order valence-corrected chi connectivity index (χ3v) is 5.54. The molecule has 2 aliphatic heterocycles. The van der Waals surface area contributed by atoms with Gasteiger partial charge in [-0.1, -0.05) is 6.07 Å². The smallest absolute Gasteiger partial charge is 0.335 e. The summed E-state index contributed by atoms with van der Waals surface area (Å²) in [5, 5.41) is 11.8. The lowest BCUT2D eigenvalue weighted by Crippen LogP contribution is -2.51. The van der Waals surface area contributed by atoms with Gasteiger partial charge in [0.05, 0.1) is 12.1 Å². The zero-order valence-corrected chi connectivity index (χ0v) is 15.0. The third-order valence-electron chi connectivity index (χ3n) is 5.54. The Hall–Kier alpha value is -2.41. The fourth-order valence-corrected chi connectivity index (χ4v) is 3.96. The summed E-state index contributed by atoms with van der Waals surface area (Å²) < 4.78 is 0. The van der Waals surface area contributed by atoms with Gasteiger partial charge in [0.25, 0.3) is 0 Å². The van der Waals surface area contributed by atoms with Crippen LogP contribution in [0.1, 0.15) is 36.0 Å². The maximum Gasteiger partial charge on any atom is 0.335 e. The van der Waals surface area contributed by atoms with E-state index in [4.69, 9.17) is 5.11 Å². The summed E-state index contributed by atoms with van der Waals surface area (Å²) in [4.78, 5) is 38.9. The highest BCUT2D eigenvalue weighted by atomic mass is 16.4. The van der Waals surface area contributed by atoms with E-state index in [1.54, 1.807) is 12.1 Å². The number of carbonyl (C=O) groups is 3. The molecule has 2 heterocycles. The fourth-order valence-electron chi connectivity index (χ4n) is 3.96. The topological polar surface area (TPSA) is 90.0 Å². The average molecular weight is 359 g/mol. The van der Waals surface area contributed by atoms with E-state index in [0.29, 0.717) is 18.7 Å². The van der Waals surface area contributed by atoms with Crippen molar-refractivity contribution in [2.45, 2.75) is 25.7 Å². The van der Waals surface area contributed by atoms with Gasteiger partial charge in [-0.25, -0.2) is 4.79 Å². The maximum atomic E-state index is 12.3. The number of piperidine rings is 2. The first kappa shape index (κ1) is 18.4. The minimum atomic E-state index is -1.02. The summed E-state index contributed by atoms with van der Waals surface area (Å²) in [6.45, 7) is 2.78. The summed E-state index contributed by atoms with van der Waals surface area (Å²) >= 11 is 0. The molecule has 2 saturated heterocycles. The Balaban J connectivity index is 1.50. The quantitative estimate of drug-likeness (QED) is 0.853. The van der Waals surface area contributed by atoms with Gasteiger partial charge in [0.1, 0.15) is 0 Å². The lowest BCUT2D eigenvalue weighted by Gasteiger charge is -2.46. The Morgan fingerprint density at radius 3 is 2.62 bits per heavy atom. The van der Waals surface area contributed by atoms with Gasteiger partial charge in [-0.3, -0.25) is 14.5 Å². The molecule has 2 amide bonds. The molecule has 7 heteroatoms. The Bertz CT molecular complexity index is 710. The zero-order valence-electron chi connectivity index (χ0n) is 15.0. The van der Waals surface area contributed by atoms with Crippen LogP contribution in [0.15, 0.2) is 24.3 Å². The molecule has 2 N–H and O–H groups in total. The highest BCUT2D eigenvalue weighted by Gasteiger charge is 2.39. The van der Waals surface area contributed by atoms with Crippen molar-refractivity contribution in [3.63, 3.8) is 0 Å². The van der Waals surface area contributed by atoms with Gasteiger partial charge in [-0.05, 0) is 56.0 Å². The monoisotopic (exact) mass is 359 g/mol. The number of anilines is 1. The van der Waals surface area contributed by atoms with Gasteiger partial charge in [0.2, 0.25) is 11.8 Å². The van der Waals surface area contributed by atoms with E-state index in [0.717, 1.165) is 38.9 Å². The molecule has 0 unspecified atom stereocenters. The number of hydrogen-bond acceptors (Lipinski definition) is 4. The standard InChI is InChI=1S/C19H25N3O4/c1-21-13-19(6-5-17(21)24)7-9-22(10-8-19)12-16(23)20-15-4-2-3-14(11-15)18(25)26/h2-4,11H,5-10,12-13H2,1H3,(H,20,23)(H,25,26). The normalized spacial score (nSPS) is 20.2. The van der Waals surface area contributed by atoms with Crippen molar-refractivity contribution in [1.29, 1.82) is 0 Å². The van der Waals surface area contributed by atoms with Crippen LogP contribution in [0.2, 0.25) is 0 Å². The molecule has 1 aromatic carbocycles. The van der Waals surface area contributed by atoms with Crippen LogP contribution in [0.4, 0.5) is 5.69 Å². The number of amides is 2. The van der Waals surface area contributed by atoms with Gasteiger partial charge < -0.3 is 15.3 Å². The Kier molecular flexibility index (Phi) is 5.27. The average Bonchev–Trinajstić information content (AvgIpc) is 2.61. The zero-order chi connectivity index (χ0) is 18.7. The van der Waals surface area contributed by atoms with Crippen LogP contribution in [0.5, 0.6) is 0 Å². The van der Waals surface area contributed by atoms with Gasteiger partial charge in [0.15, 0.2) is 0 Å². The fraction of sp³-hybridized carbons (Fsp3) is 0.526. The molecule has 0 aliphatic carbocycles. The second kappa shape index (κ2) is 7.45. The molecule has 140 valence electrons. The van der Waals surface area contributed by atoms with Crippen LogP contribution in [0.25, 0.3) is 0 Å². The second-order valence-corrected chi connectivity index (χ2v) is 7.46. The van der Waals surface area contributed by atoms with Crippen molar-refractivity contribution in [1.82, 2.24) is 9.80 Å². The van der Waals surface area contributed by atoms with Gasteiger partial charge in [0, 0.05) is 25.7 Å². The van der Waals surface area contributed by atoms with E-state index in [-0.39, 0.29) is 22.8 Å². The van der Waals surface area contributed by atoms with Crippen molar-refractivity contribution in [3.05, 3.63) is 29.8 Å². The van der Waals surface area contributed by atoms with E-state index in [2.05, 4.69) is 10.2 Å². The number of hydrogen-bond donors (Lipinski definition) is 2. The predicted molar refractivity (Wildman–Crippen MR) is 97.0 cm³/mol. The molecular weight excluding hydrogens is 334 g/mol. The van der Waals surface area contributed by atoms with Crippen molar-refractivity contribution in [2.75, 3.05) is 38.5 Å². The van der Waals surface area contributed by atoms with E-state index in [9.17, 15) is 14.4 Å². The van der Waals surface area contributed by atoms with Crippen LogP contribution >= 0.6 is 0 Å². The van der Waals surface area contributed by atoms with E-state index in [1.165, 1.54) is 12.1 Å². The Morgan fingerprint density at radius 2 is 1.96 bits per heavy atom. The molecule has 1 spiro atoms. The molecule has 0 aromatic heterocycles. The molecule has 0 atom stereocenters. The number of carbonyl (C=O) groups excluding carboxylic acids is 2. The molecular formula is C19H25N3O4. The summed E-state index contributed by atoms with van der Waals surface area (Å²) in [5.41, 5.74) is 0.848. The number of rotatable bonds is 4. The summed E-state index contributed by atoms with van der Waals surface area (Å²) in [6.07, 6.45) is 3.55. The first-order valence-corrected chi connectivity index (χ1v) is 8.96. The number of aromatic carboxylic acids is 1.